The van der Waals surface area contributed by atoms with Crippen molar-refractivity contribution in [2.24, 2.45) is 0 Å². The average molecular weight is 499 g/mol. The summed E-state index contributed by atoms with van der Waals surface area (Å²) in [5.41, 5.74) is -0.350. The zero-order valence-corrected chi connectivity index (χ0v) is 19.0. The maximum absolute atomic E-state index is 12.8. The zero-order valence-electron chi connectivity index (χ0n) is 18.2. The molecule has 0 atom stereocenters. The first kappa shape index (κ1) is 24.9. The first-order valence-corrected chi connectivity index (χ1v) is 11.3. The van der Waals surface area contributed by atoms with Crippen LogP contribution >= 0.6 is 0 Å². The minimum absolute atomic E-state index is 0.173. The van der Waals surface area contributed by atoms with E-state index in [0.29, 0.717) is 0 Å². The molecule has 1 aromatic carbocycles. The molecule has 0 aliphatic heterocycles. The van der Waals surface area contributed by atoms with Crippen molar-refractivity contribution in [2.45, 2.75) is 36.9 Å². The third-order valence-electron chi connectivity index (χ3n) is 4.37. The Balaban J connectivity index is 1.92. The molecule has 0 spiro atoms. The van der Waals surface area contributed by atoms with Crippen LogP contribution in [0.5, 0.6) is 5.75 Å². The summed E-state index contributed by atoms with van der Waals surface area (Å²) in [6.07, 6.45) is -2.12. The average Bonchev–Trinajstić information content (AvgIpc) is 3.20. The number of alkyl halides is 3. The van der Waals surface area contributed by atoms with Gasteiger partial charge in [-0.25, -0.2) is 18.4 Å². The largest absolute Gasteiger partial charge is 0.573 e. The maximum atomic E-state index is 12.8. The number of anilines is 1. The van der Waals surface area contributed by atoms with Crippen molar-refractivity contribution in [3.8, 4) is 11.7 Å². The topological polar surface area (TPSA) is 141 Å². The van der Waals surface area contributed by atoms with Gasteiger partial charge in [0.05, 0.1) is 16.7 Å². The van der Waals surface area contributed by atoms with Gasteiger partial charge >= 0.3 is 6.36 Å². The first-order valence-electron chi connectivity index (χ1n) is 9.74. The summed E-state index contributed by atoms with van der Waals surface area (Å²) in [7, 11) is -2.42. The van der Waals surface area contributed by atoms with E-state index in [0.717, 1.165) is 18.2 Å². The Kier molecular flexibility index (Phi) is 7.04. The first-order chi connectivity index (χ1) is 15.9. The van der Waals surface area contributed by atoms with Crippen LogP contribution in [-0.2, 0) is 16.4 Å². The molecule has 0 aliphatic carbocycles. The van der Waals surface area contributed by atoms with E-state index in [1.54, 1.807) is 13.1 Å². The molecule has 0 aliphatic rings. The molecule has 11 nitrogen and oxygen atoms in total. The molecule has 2 heterocycles. The van der Waals surface area contributed by atoms with E-state index < -0.39 is 38.0 Å². The number of amides is 1. The number of carbonyl (C=O) groups excluding carboxylic acids is 1. The summed E-state index contributed by atoms with van der Waals surface area (Å²) >= 11 is 0. The van der Waals surface area contributed by atoms with Crippen LogP contribution in [0, 0.1) is 0 Å². The van der Waals surface area contributed by atoms with Gasteiger partial charge in [-0.2, -0.15) is 9.67 Å². The number of benzene rings is 1. The molecule has 0 saturated heterocycles. The van der Waals surface area contributed by atoms with E-state index in [9.17, 15) is 26.4 Å². The highest BCUT2D eigenvalue weighted by atomic mass is 32.2. The Morgan fingerprint density at radius 2 is 1.85 bits per heavy atom. The summed E-state index contributed by atoms with van der Waals surface area (Å²) in [6, 6.07) is 4.10. The van der Waals surface area contributed by atoms with Gasteiger partial charge in [-0.05, 0) is 38.1 Å². The van der Waals surface area contributed by atoms with Crippen molar-refractivity contribution in [2.75, 3.05) is 12.4 Å². The number of hydrogen-bond donors (Lipinski definition) is 2. The summed E-state index contributed by atoms with van der Waals surface area (Å²) in [4.78, 5) is 24.6. The Hall–Kier alpha value is -3.75. The van der Waals surface area contributed by atoms with Crippen LogP contribution in [0.4, 0.5) is 19.1 Å². The van der Waals surface area contributed by atoms with Gasteiger partial charge in [-0.15, -0.1) is 18.3 Å². The molecule has 0 radical (unpaired) electrons. The Labute approximate surface area is 192 Å². The molecule has 0 bridgehead atoms. The summed E-state index contributed by atoms with van der Waals surface area (Å²) in [6.45, 7) is 2.51. The van der Waals surface area contributed by atoms with E-state index in [1.165, 1.54) is 30.9 Å². The predicted molar refractivity (Wildman–Crippen MR) is 113 cm³/mol. The second-order valence-corrected chi connectivity index (χ2v) is 9.58. The fourth-order valence-electron chi connectivity index (χ4n) is 2.72. The molecule has 3 rings (SSSR count). The van der Waals surface area contributed by atoms with Crippen molar-refractivity contribution >= 4 is 21.7 Å². The van der Waals surface area contributed by atoms with E-state index in [1.807, 2.05) is 0 Å². The zero-order chi connectivity index (χ0) is 25.1. The number of carbonyl (C=O) groups is 1. The standard InChI is InChI=1S/C19H20F3N7O4S/c1-11(2)34(31,32)14-8-12(7-13(9-14)33-19(20,21)22)16(30)26-10-15-27-17(23-3)28-29(15)18-24-5-4-6-25-18/h4-9,11H,10H2,1-3H3,(H,23,28)(H,26,30). The summed E-state index contributed by atoms with van der Waals surface area (Å²) in [5.74, 6) is -1.10. The number of nitrogens with one attached hydrogen (secondary N) is 2. The lowest BCUT2D eigenvalue weighted by Crippen LogP contribution is -2.26. The van der Waals surface area contributed by atoms with E-state index in [-0.39, 0.29) is 29.8 Å². The minimum Gasteiger partial charge on any atom is -0.406 e. The van der Waals surface area contributed by atoms with Gasteiger partial charge in [0.2, 0.25) is 5.95 Å². The van der Waals surface area contributed by atoms with Crippen LogP contribution < -0.4 is 15.4 Å². The van der Waals surface area contributed by atoms with Crippen molar-refractivity contribution in [1.29, 1.82) is 0 Å². The number of halogens is 3. The van der Waals surface area contributed by atoms with Crippen molar-refractivity contribution in [3.05, 3.63) is 48.0 Å². The molecule has 34 heavy (non-hydrogen) atoms. The van der Waals surface area contributed by atoms with Gasteiger partial charge < -0.3 is 15.4 Å². The molecule has 1 amide bonds. The summed E-state index contributed by atoms with van der Waals surface area (Å²) in [5, 5.41) is 8.45. The molecular weight excluding hydrogens is 479 g/mol. The number of aromatic nitrogens is 5. The van der Waals surface area contributed by atoms with Gasteiger partial charge in [0.15, 0.2) is 15.7 Å². The third-order valence-corrected chi connectivity index (χ3v) is 6.51. The van der Waals surface area contributed by atoms with Crippen LogP contribution in [0.3, 0.4) is 0 Å². The van der Waals surface area contributed by atoms with Crippen molar-refractivity contribution in [1.82, 2.24) is 30.0 Å². The van der Waals surface area contributed by atoms with Crippen molar-refractivity contribution < 1.29 is 31.1 Å². The Morgan fingerprint density at radius 3 is 2.44 bits per heavy atom. The Bertz CT molecular complexity index is 1280. The monoisotopic (exact) mass is 499 g/mol. The Morgan fingerprint density at radius 1 is 1.18 bits per heavy atom. The molecule has 0 fully saturated rings. The fourth-order valence-corrected chi connectivity index (χ4v) is 3.83. The van der Waals surface area contributed by atoms with Crippen LogP contribution in [0.2, 0.25) is 0 Å². The van der Waals surface area contributed by atoms with E-state index in [2.05, 4.69) is 35.4 Å². The van der Waals surface area contributed by atoms with Crippen molar-refractivity contribution in [3.63, 3.8) is 0 Å². The van der Waals surface area contributed by atoms with Gasteiger partial charge in [0, 0.05) is 25.0 Å². The normalized spacial score (nSPS) is 12.0. The van der Waals surface area contributed by atoms with Crippen LogP contribution in [0.25, 0.3) is 5.95 Å². The number of sulfone groups is 1. The smallest absolute Gasteiger partial charge is 0.406 e. The SMILES string of the molecule is CNc1nc(CNC(=O)c2cc(OC(F)(F)F)cc(S(=O)(=O)C(C)C)c2)n(-c2ncccn2)n1. The lowest BCUT2D eigenvalue weighted by Gasteiger charge is -2.14. The van der Waals surface area contributed by atoms with E-state index >= 15 is 0 Å². The number of ether oxygens (including phenoxy) is 1. The van der Waals surface area contributed by atoms with Gasteiger partial charge in [0.1, 0.15) is 5.75 Å². The lowest BCUT2D eigenvalue weighted by molar-refractivity contribution is -0.274. The minimum atomic E-state index is -5.08. The molecule has 2 N–H and O–H groups in total. The third kappa shape index (κ3) is 5.78. The number of rotatable bonds is 8. The predicted octanol–water partition coefficient (Wildman–Crippen LogP) is 2.11. The van der Waals surface area contributed by atoms with Crippen LogP contribution in [0.1, 0.15) is 30.0 Å². The quantitative estimate of drug-likeness (QED) is 0.477. The molecule has 0 saturated carbocycles. The molecular formula is C19H20F3N7O4S. The van der Waals surface area contributed by atoms with Gasteiger partial charge in [-0.1, -0.05) is 0 Å². The highest BCUT2D eigenvalue weighted by Gasteiger charge is 2.32. The second-order valence-electron chi connectivity index (χ2n) is 7.08. The number of nitrogens with zero attached hydrogens (tertiary/aromatic N) is 5. The second kappa shape index (κ2) is 9.62. The highest BCUT2D eigenvalue weighted by molar-refractivity contribution is 7.92. The van der Waals surface area contributed by atoms with Crippen LogP contribution in [0.15, 0.2) is 41.6 Å². The number of hydrogen-bond acceptors (Lipinski definition) is 9. The van der Waals surface area contributed by atoms with Gasteiger partial charge in [-0.3, -0.25) is 4.79 Å². The molecule has 2 aromatic heterocycles. The summed E-state index contributed by atoms with van der Waals surface area (Å²) < 4.78 is 68.5. The molecule has 15 heteroatoms. The lowest BCUT2D eigenvalue weighted by atomic mass is 10.2. The van der Waals surface area contributed by atoms with E-state index in [4.69, 9.17) is 0 Å². The highest BCUT2D eigenvalue weighted by Crippen LogP contribution is 2.28. The van der Waals surface area contributed by atoms with Gasteiger partial charge in [0.25, 0.3) is 11.9 Å². The fraction of sp³-hybridized carbons (Fsp3) is 0.316. The maximum Gasteiger partial charge on any atom is 0.573 e. The molecule has 182 valence electrons. The molecule has 3 aromatic rings. The van der Waals surface area contributed by atoms with Crippen LogP contribution in [-0.4, -0.2) is 57.7 Å². The molecule has 0 unspecified atom stereocenters.